The van der Waals surface area contributed by atoms with E-state index in [-0.39, 0.29) is 18.4 Å². The summed E-state index contributed by atoms with van der Waals surface area (Å²) in [6.45, 7) is 3.38. The van der Waals surface area contributed by atoms with Gasteiger partial charge in [0, 0.05) is 46.1 Å². The first-order chi connectivity index (χ1) is 13.9. The lowest BCUT2D eigenvalue weighted by Crippen LogP contribution is -2.34. The van der Waals surface area contributed by atoms with Gasteiger partial charge >= 0.3 is 6.03 Å². The number of halogens is 1. The molecule has 0 aliphatic rings. The summed E-state index contributed by atoms with van der Waals surface area (Å²) in [7, 11) is 3.57. The summed E-state index contributed by atoms with van der Waals surface area (Å²) in [6, 6.07) is 12.7. The van der Waals surface area contributed by atoms with Crippen molar-refractivity contribution in [3.63, 3.8) is 0 Å². The Morgan fingerprint density at radius 1 is 1.07 bits per heavy atom. The number of aromatic nitrogens is 2. The van der Waals surface area contributed by atoms with E-state index in [2.05, 4.69) is 32.3 Å². The normalized spacial score (nSPS) is 10.6. The van der Waals surface area contributed by atoms with E-state index in [1.807, 2.05) is 25.3 Å². The number of nitrogens with one attached hydrogen (secondary N) is 2. The van der Waals surface area contributed by atoms with E-state index < -0.39 is 0 Å². The molecular weight excluding hydrogens is 369 g/mol. The Morgan fingerprint density at radius 3 is 2.38 bits per heavy atom. The molecule has 1 heterocycles. The number of aryl methyl sites for hydroxylation is 1. The fraction of sp³-hybridized carbons (Fsp3) is 0.273. The second kappa shape index (κ2) is 9.23. The molecule has 3 aromatic rings. The molecule has 0 spiro atoms. The maximum atomic E-state index is 14.0. The third-order valence-corrected chi connectivity index (χ3v) is 4.67. The van der Waals surface area contributed by atoms with Crippen LogP contribution in [0.3, 0.4) is 0 Å². The molecule has 6 nitrogen and oxygen atoms in total. The Labute approximate surface area is 170 Å². The second-order valence-electron chi connectivity index (χ2n) is 7.14. The number of carbonyl (C=O) groups excluding carboxylic acids is 1. The summed E-state index contributed by atoms with van der Waals surface area (Å²) in [6.07, 6.45) is 3.73. The summed E-state index contributed by atoms with van der Waals surface area (Å²) in [5.41, 5.74) is 3.38. The highest BCUT2D eigenvalue weighted by molar-refractivity contribution is 5.73. The number of hydrogen-bond acceptors (Lipinski definition) is 3. The lowest BCUT2D eigenvalue weighted by atomic mass is 10.1. The largest absolute Gasteiger partial charge is 0.375 e. The number of anilines is 1. The van der Waals surface area contributed by atoms with Crippen molar-refractivity contribution in [2.45, 2.75) is 26.6 Å². The number of imidazole rings is 1. The van der Waals surface area contributed by atoms with Crippen molar-refractivity contribution in [3.8, 4) is 0 Å². The van der Waals surface area contributed by atoms with Crippen LogP contribution in [0.15, 0.2) is 54.9 Å². The van der Waals surface area contributed by atoms with Gasteiger partial charge in [-0.15, -0.1) is 0 Å². The first kappa shape index (κ1) is 20.4. The minimum Gasteiger partial charge on any atom is -0.375 e. The smallest absolute Gasteiger partial charge is 0.315 e. The van der Waals surface area contributed by atoms with Crippen LogP contribution >= 0.6 is 0 Å². The van der Waals surface area contributed by atoms with Gasteiger partial charge in [-0.3, -0.25) is 0 Å². The molecule has 0 radical (unpaired) electrons. The Bertz CT molecular complexity index is 983. The summed E-state index contributed by atoms with van der Waals surface area (Å²) in [4.78, 5) is 18.0. The average Bonchev–Trinajstić information content (AvgIpc) is 3.09. The maximum absolute atomic E-state index is 14.0. The van der Waals surface area contributed by atoms with Crippen LogP contribution in [0.25, 0.3) is 0 Å². The van der Waals surface area contributed by atoms with E-state index in [4.69, 9.17) is 0 Å². The van der Waals surface area contributed by atoms with Crippen molar-refractivity contribution >= 4 is 11.7 Å². The predicted octanol–water partition coefficient (Wildman–Crippen LogP) is 3.44. The van der Waals surface area contributed by atoms with Crippen molar-refractivity contribution in [1.29, 1.82) is 0 Å². The Balaban J connectivity index is 1.50. The summed E-state index contributed by atoms with van der Waals surface area (Å²) in [5.74, 6) is 0.655. The van der Waals surface area contributed by atoms with Crippen LogP contribution in [0.2, 0.25) is 0 Å². The molecule has 0 fully saturated rings. The van der Waals surface area contributed by atoms with Crippen LogP contribution in [0.5, 0.6) is 0 Å². The molecule has 7 heteroatoms. The van der Waals surface area contributed by atoms with E-state index in [1.165, 1.54) is 6.07 Å². The molecule has 1 aromatic heterocycles. The minimum absolute atomic E-state index is 0.260. The van der Waals surface area contributed by atoms with Crippen LogP contribution in [0, 0.1) is 12.7 Å². The number of urea groups is 1. The monoisotopic (exact) mass is 395 g/mol. The molecule has 0 saturated carbocycles. The third kappa shape index (κ3) is 5.57. The van der Waals surface area contributed by atoms with Crippen LogP contribution in [-0.4, -0.2) is 29.7 Å². The fourth-order valence-electron chi connectivity index (χ4n) is 3.06. The topological polar surface area (TPSA) is 62.2 Å². The quantitative estimate of drug-likeness (QED) is 0.644. The van der Waals surface area contributed by atoms with Crippen molar-refractivity contribution in [2.75, 3.05) is 19.0 Å². The van der Waals surface area contributed by atoms with E-state index in [0.717, 1.165) is 23.5 Å². The molecule has 2 aromatic carbocycles. The van der Waals surface area contributed by atoms with Gasteiger partial charge in [0.1, 0.15) is 11.6 Å². The Morgan fingerprint density at radius 2 is 1.76 bits per heavy atom. The van der Waals surface area contributed by atoms with E-state index in [0.29, 0.717) is 17.8 Å². The molecular formula is C22H26FN5O. The van der Waals surface area contributed by atoms with Crippen LogP contribution in [0.1, 0.15) is 22.5 Å². The van der Waals surface area contributed by atoms with Gasteiger partial charge in [0.2, 0.25) is 0 Å². The third-order valence-electron chi connectivity index (χ3n) is 4.67. The van der Waals surface area contributed by atoms with E-state index in [9.17, 15) is 9.18 Å². The van der Waals surface area contributed by atoms with E-state index in [1.54, 1.807) is 37.3 Å². The van der Waals surface area contributed by atoms with Gasteiger partial charge in [0.25, 0.3) is 0 Å². The first-order valence-electron chi connectivity index (χ1n) is 9.45. The first-order valence-corrected chi connectivity index (χ1v) is 9.45. The number of benzene rings is 2. The molecule has 0 unspecified atom stereocenters. The molecule has 29 heavy (non-hydrogen) atoms. The number of hydrogen-bond donors (Lipinski definition) is 2. The fourth-order valence-corrected chi connectivity index (χ4v) is 3.06. The second-order valence-corrected chi connectivity index (χ2v) is 7.14. The molecule has 3 rings (SSSR count). The van der Waals surface area contributed by atoms with Gasteiger partial charge in [-0.2, -0.15) is 0 Å². The van der Waals surface area contributed by atoms with Gasteiger partial charge in [-0.05, 0) is 35.7 Å². The Kier molecular flexibility index (Phi) is 6.49. The van der Waals surface area contributed by atoms with Gasteiger partial charge in [-0.25, -0.2) is 14.2 Å². The maximum Gasteiger partial charge on any atom is 0.315 e. The zero-order valence-electron chi connectivity index (χ0n) is 16.9. The summed E-state index contributed by atoms with van der Waals surface area (Å²) < 4.78 is 16.1. The number of rotatable bonds is 7. The highest BCUT2D eigenvalue weighted by Crippen LogP contribution is 2.18. The standard InChI is InChI=1S/C22H26FN5O/c1-16-24-9-10-28(16)15-19-6-4-5-17(11-19)13-25-22(29)26-14-18-7-8-21(27(2)3)20(23)12-18/h4-12H,13-15H2,1-3H3,(H2,25,26,29). The van der Waals surface area contributed by atoms with Gasteiger partial charge in [0.15, 0.2) is 0 Å². The van der Waals surface area contributed by atoms with Crippen LogP contribution in [0.4, 0.5) is 14.9 Å². The molecule has 0 atom stereocenters. The average molecular weight is 395 g/mol. The molecule has 0 aliphatic carbocycles. The molecule has 152 valence electrons. The van der Waals surface area contributed by atoms with Crippen molar-refractivity contribution < 1.29 is 9.18 Å². The summed E-state index contributed by atoms with van der Waals surface area (Å²) in [5, 5.41) is 5.60. The minimum atomic E-state index is -0.306. The SMILES string of the molecule is Cc1nccn1Cc1cccc(CNC(=O)NCc2ccc(N(C)C)c(F)c2)c1. The number of amides is 2. The van der Waals surface area contributed by atoms with Crippen LogP contribution in [-0.2, 0) is 19.6 Å². The van der Waals surface area contributed by atoms with Gasteiger partial charge in [-0.1, -0.05) is 30.3 Å². The molecule has 0 aliphatic heterocycles. The molecule has 2 N–H and O–H groups in total. The van der Waals surface area contributed by atoms with Crippen molar-refractivity contribution in [1.82, 2.24) is 20.2 Å². The number of carbonyl (C=O) groups is 1. The predicted molar refractivity (Wildman–Crippen MR) is 112 cm³/mol. The highest BCUT2D eigenvalue weighted by atomic mass is 19.1. The molecule has 0 bridgehead atoms. The summed E-state index contributed by atoms with van der Waals surface area (Å²) >= 11 is 0. The highest BCUT2D eigenvalue weighted by Gasteiger charge is 2.07. The molecule has 0 saturated heterocycles. The van der Waals surface area contributed by atoms with E-state index >= 15 is 0 Å². The molecule has 2 amide bonds. The van der Waals surface area contributed by atoms with Crippen LogP contribution < -0.4 is 15.5 Å². The van der Waals surface area contributed by atoms with Gasteiger partial charge < -0.3 is 20.1 Å². The van der Waals surface area contributed by atoms with Crippen molar-refractivity contribution in [2.24, 2.45) is 0 Å². The zero-order chi connectivity index (χ0) is 20.8. The lowest BCUT2D eigenvalue weighted by Gasteiger charge is -2.14. The number of nitrogens with zero attached hydrogens (tertiary/aromatic N) is 3. The van der Waals surface area contributed by atoms with Gasteiger partial charge in [0.05, 0.1) is 5.69 Å². The van der Waals surface area contributed by atoms with Crippen molar-refractivity contribution in [3.05, 3.63) is 83.2 Å². The zero-order valence-corrected chi connectivity index (χ0v) is 16.9. The Hall–Kier alpha value is -3.35. The lowest BCUT2D eigenvalue weighted by molar-refractivity contribution is 0.240.